The van der Waals surface area contributed by atoms with Gasteiger partial charge in [0.15, 0.2) is 11.7 Å². The molecular weight excluding hydrogens is 876 g/mol. The second-order valence-corrected chi connectivity index (χ2v) is 21.7. The van der Waals surface area contributed by atoms with Gasteiger partial charge in [-0.3, -0.25) is 28.8 Å². The van der Waals surface area contributed by atoms with E-state index in [9.17, 15) is 41.2 Å². The zero-order valence-electron chi connectivity index (χ0n) is 39.4. The molecule has 2 heterocycles. The normalized spacial score (nSPS) is 19.0. The number of cyclic esters (lactones) is 4. The standard InChI is InChI=1S/C20H26FNO6S.C20H28FNO5S.C2H4O2.B.Na.H/c1-18(2,3)29(26)22-20(6,12-9-7-8-10-13(12)21)11-14(23)15-16(24)27-19(4,5)28-17(15)25;1-18(2,3)28(25)22-20(6,14-9-7-8-10-15(14)21)12-11-13-16(23)26-19(4,5)27-17(13)24;1-2(3)4;;;/h7-10,15,22H,11H2,1-6H3;7-10,13,22H,11-12H2,1-6H3;1H3,(H,3,4);;;/q;;;;+1;-1/t20-,29+;20-,28+;;;;/m00..../s1. The van der Waals surface area contributed by atoms with Crippen LogP contribution in [0, 0.1) is 23.5 Å². The van der Waals surface area contributed by atoms with Crippen LogP contribution in [0.1, 0.15) is 122 Å². The molecule has 2 saturated heterocycles. The average molecular weight is 936 g/mol. The second-order valence-electron chi connectivity index (χ2n) is 17.8. The van der Waals surface area contributed by atoms with Crippen LogP contribution in [0.15, 0.2) is 48.5 Å². The van der Waals surface area contributed by atoms with Crippen LogP contribution in [0.25, 0.3) is 0 Å². The fourth-order valence-corrected chi connectivity index (χ4v) is 7.63. The fourth-order valence-electron chi connectivity index (χ4n) is 5.81. The third kappa shape index (κ3) is 17.5. The summed E-state index contributed by atoms with van der Waals surface area (Å²) in [4.78, 5) is 70.9. The van der Waals surface area contributed by atoms with Crippen molar-refractivity contribution in [3.63, 3.8) is 0 Å². The first-order chi connectivity index (χ1) is 27.6. The number of ketones is 1. The summed E-state index contributed by atoms with van der Waals surface area (Å²) >= 11 is 0. The predicted octanol–water partition coefficient (Wildman–Crippen LogP) is 2.66. The molecule has 3 radical (unpaired) electrons. The van der Waals surface area contributed by atoms with Crippen molar-refractivity contribution in [3.05, 3.63) is 71.3 Å². The van der Waals surface area contributed by atoms with E-state index in [0.29, 0.717) is 5.56 Å². The Morgan fingerprint density at radius 1 is 0.683 bits per heavy atom. The van der Waals surface area contributed by atoms with E-state index < -0.39 is 120 Å². The van der Waals surface area contributed by atoms with Crippen molar-refractivity contribution in [2.75, 3.05) is 0 Å². The number of aliphatic carboxylic acids is 1. The first kappa shape index (κ1) is 59.6. The summed E-state index contributed by atoms with van der Waals surface area (Å²) < 4.78 is 79.3. The van der Waals surface area contributed by atoms with Crippen LogP contribution >= 0.6 is 0 Å². The molecule has 345 valence electrons. The number of rotatable bonds is 12. The van der Waals surface area contributed by atoms with E-state index >= 15 is 0 Å². The van der Waals surface area contributed by atoms with Crippen molar-refractivity contribution in [1.29, 1.82) is 0 Å². The van der Waals surface area contributed by atoms with Crippen molar-refractivity contribution in [1.82, 2.24) is 9.44 Å². The van der Waals surface area contributed by atoms with Crippen molar-refractivity contribution < 1.29 is 101 Å². The van der Waals surface area contributed by atoms with Gasteiger partial charge in [-0.1, -0.05) is 36.4 Å². The summed E-state index contributed by atoms with van der Waals surface area (Å²) in [7, 11) is -3.17. The smallest absolute Gasteiger partial charge is 1.00 e. The van der Waals surface area contributed by atoms with Gasteiger partial charge < -0.3 is 25.5 Å². The fraction of sp³-hybridized carbons (Fsp3) is 0.571. The zero-order chi connectivity index (χ0) is 47.1. The molecule has 0 aliphatic carbocycles. The van der Waals surface area contributed by atoms with Crippen LogP contribution in [0.3, 0.4) is 0 Å². The predicted molar refractivity (Wildman–Crippen MR) is 228 cm³/mol. The number of halogens is 2. The monoisotopic (exact) mass is 935 g/mol. The maximum Gasteiger partial charge on any atom is 1.00 e. The Morgan fingerprint density at radius 2 is 1.00 bits per heavy atom. The molecule has 2 aliphatic heterocycles. The van der Waals surface area contributed by atoms with Gasteiger partial charge in [0.25, 0.3) is 17.5 Å². The first-order valence-electron chi connectivity index (χ1n) is 19.2. The number of carboxylic acid groups (broad SMARTS) is 1. The molecule has 4 atom stereocenters. The first-order valence-corrected chi connectivity index (χ1v) is 21.5. The Bertz CT molecular complexity index is 2010. The van der Waals surface area contributed by atoms with Gasteiger partial charge in [0, 0.05) is 60.6 Å². The molecule has 0 amide bonds. The van der Waals surface area contributed by atoms with E-state index in [1.54, 1.807) is 72.7 Å². The number of carbonyl (C=O) groups is 6. The van der Waals surface area contributed by atoms with Crippen LogP contribution in [-0.4, -0.2) is 78.6 Å². The number of benzene rings is 2. The Morgan fingerprint density at radius 3 is 1.35 bits per heavy atom. The van der Waals surface area contributed by atoms with E-state index in [4.69, 9.17) is 28.8 Å². The molecule has 0 spiro atoms. The minimum atomic E-state index is -1.78. The Labute approximate surface area is 398 Å². The van der Waals surface area contributed by atoms with Gasteiger partial charge >= 0.3 is 53.4 Å². The maximum atomic E-state index is 14.5. The van der Waals surface area contributed by atoms with E-state index in [1.807, 2.05) is 0 Å². The molecule has 2 aliphatic rings. The molecule has 15 nitrogen and oxygen atoms in total. The molecule has 0 bridgehead atoms. The largest absolute Gasteiger partial charge is 1.00 e. The molecule has 2 fully saturated rings. The van der Waals surface area contributed by atoms with E-state index in [-0.39, 0.29) is 57.8 Å². The van der Waals surface area contributed by atoms with E-state index in [2.05, 4.69) is 9.44 Å². The number of hydrogen-bond acceptors (Lipinski definition) is 12. The molecule has 0 aromatic heterocycles. The Balaban J connectivity index is 0. The van der Waals surface area contributed by atoms with Gasteiger partial charge in [-0.25, -0.2) is 26.6 Å². The molecule has 2 aromatic carbocycles. The second kappa shape index (κ2) is 23.2. The quantitative estimate of drug-likeness (QED) is 0.159. The number of hydrogen-bond donors (Lipinski definition) is 3. The summed E-state index contributed by atoms with van der Waals surface area (Å²) in [5.41, 5.74) is -2.13. The van der Waals surface area contributed by atoms with Crippen molar-refractivity contribution in [2.45, 2.75) is 141 Å². The number of carboxylic acids is 1. The summed E-state index contributed by atoms with van der Waals surface area (Å²) in [6.07, 6.45) is -0.247. The topological polar surface area (TPSA) is 218 Å². The average Bonchev–Trinajstić information content (AvgIpc) is 3.06. The Kier molecular flexibility index (Phi) is 21.9. The molecular formula is C42H59BF2N2NaO13S2. The van der Waals surface area contributed by atoms with Crippen LogP contribution < -0.4 is 39.0 Å². The molecule has 4 rings (SSSR count). The summed E-state index contributed by atoms with van der Waals surface area (Å²) in [5, 5.41) is 7.42. The van der Waals surface area contributed by atoms with Gasteiger partial charge in [-0.15, -0.1) is 0 Å². The van der Waals surface area contributed by atoms with Gasteiger partial charge in [-0.2, -0.15) is 0 Å². The molecule has 3 N–H and O–H groups in total. The van der Waals surface area contributed by atoms with Crippen LogP contribution in [0.5, 0.6) is 0 Å². The number of nitrogens with one attached hydrogen (secondary N) is 2. The molecule has 63 heavy (non-hydrogen) atoms. The number of Topliss-reactive ketones (excluding diaryl/α,β-unsaturated/α-hetero) is 1. The van der Waals surface area contributed by atoms with Crippen molar-refractivity contribution in [2.24, 2.45) is 11.8 Å². The summed E-state index contributed by atoms with van der Waals surface area (Å²) in [6.45, 7) is 20.6. The SMILES string of the molecule is CC(=O)O.CC1(C)OC(=O)C(C(=O)C[C@](C)(N[S@](=O)C(C)(C)C)c2ccccc2F)C(=O)O1.CC1(C)OC(=O)C(CC[C@](C)(N[S@](=O)C(C)(C)C)c2ccccc2F)C(=O)O1.[B].[H-].[Na+]. The third-order valence-corrected chi connectivity index (χ3v) is 12.4. The van der Waals surface area contributed by atoms with Crippen molar-refractivity contribution >= 4 is 66.0 Å². The minimum absolute atomic E-state index is 0. The van der Waals surface area contributed by atoms with Crippen LogP contribution in [0.4, 0.5) is 8.78 Å². The molecule has 0 unspecified atom stereocenters. The zero-order valence-corrected chi connectivity index (χ0v) is 42.0. The molecule has 2 aromatic rings. The van der Waals surface area contributed by atoms with Crippen molar-refractivity contribution in [3.8, 4) is 0 Å². The van der Waals surface area contributed by atoms with Crippen LogP contribution in [0.2, 0.25) is 0 Å². The number of esters is 4. The molecule has 0 saturated carbocycles. The Hall–Kier alpha value is -3.40. The van der Waals surface area contributed by atoms with E-state index in [1.165, 1.54) is 58.9 Å². The third-order valence-electron chi connectivity index (χ3n) is 8.89. The van der Waals surface area contributed by atoms with E-state index in [0.717, 1.165) is 6.92 Å². The summed E-state index contributed by atoms with van der Waals surface area (Å²) in [6, 6.07) is 11.9. The molecule has 21 heteroatoms. The van der Waals surface area contributed by atoms with Crippen LogP contribution in [-0.2, 0) is 80.8 Å². The van der Waals surface area contributed by atoms with Gasteiger partial charge in [0.2, 0.25) is 5.92 Å². The number of carbonyl (C=O) groups excluding carboxylic acids is 5. The van der Waals surface area contributed by atoms with Gasteiger partial charge in [0.05, 0.1) is 42.5 Å². The summed E-state index contributed by atoms with van der Waals surface area (Å²) in [5.74, 6) is -11.8. The number of ether oxygens (including phenoxy) is 4. The van der Waals surface area contributed by atoms with Gasteiger partial charge in [0.1, 0.15) is 11.6 Å². The van der Waals surface area contributed by atoms with Gasteiger partial charge in [-0.05, 0) is 80.4 Å². The maximum absolute atomic E-state index is 14.5. The minimum Gasteiger partial charge on any atom is -1.00 e.